The highest BCUT2D eigenvalue weighted by atomic mass is 35.5. The van der Waals surface area contributed by atoms with E-state index in [0.717, 1.165) is 36.1 Å². The summed E-state index contributed by atoms with van der Waals surface area (Å²) in [7, 11) is 1.63. The number of rotatable bonds is 4. The number of hydrogen-bond donors (Lipinski definition) is 1. The molecule has 116 valence electrons. The molecule has 0 unspecified atom stereocenters. The fourth-order valence-electron chi connectivity index (χ4n) is 2.56. The number of nitrogens with zero attached hydrogens (tertiary/aromatic N) is 3. The molecule has 3 rings (SSSR count). The number of aryl methyl sites for hydroxylation is 1. The molecule has 22 heavy (non-hydrogen) atoms. The molecule has 0 aliphatic carbocycles. The molecule has 0 spiro atoms. The molecule has 0 saturated carbocycles. The third-order valence-electron chi connectivity index (χ3n) is 3.78. The zero-order valence-electron chi connectivity index (χ0n) is 12.8. The Morgan fingerprint density at radius 1 is 1.27 bits per heavy atom. The molecule has 5 nitrogen and oxygen atoms in total. The lowest BCUT2D eigenvalue weighted by Gasteiger charge is -2.17. The Balaban J connectivity index is 1.86. The molecule has 0 radical (unpaired) electrons. The van der Waals surface area contributed by atoms with Gasteiger partial charge in [-0.2, -0.15) is 4.98 Å². The highest BCUT2D eigenvalue weighted by Gasteiger charge is 2.15. The smallest absolute Gasteiger partial charge is 0.227 e. The third kappa shape index (κ3) is 3.09. The van der Waals surface area contributed by atoms with Crippen LogP contribution < -0.4 is 15.0 Å². The molecule has 1 aromatic carbocycles. The van der Waals surface area contributed by atoms with Gasteiger partial charge in [0.15, 0.2) is 0 Å². The van der Waals surface area contributed by atoms with E-state index >= 15 is 0 Å². The van der Waals surface area contributed by atoms with E-state index in [9.17, 15) is 0 Å². The zero-order valence-corrected chi connectivity index (χ0v) is 13.5. The molecular formula is C16H19ClN4O. The first-order valence-corrected chi connectivity index (χ1v) is 7.74. The van der Waals surface area contributed by atoms with Crippen molar-refractivity contribution >= 4 is 29.1 Å². The molecule has 6 heteroatoms. The fraction of sp³-hybridized carbons (Fsp3) is 0.375. The number of halogens is 1. The van der Waals surface area contributed by atoms with Gasteiger partial charge in [-0.3, -0.25) is 0 Å². The minimum Gasteiger partial charge on any atom is -0.495 e. The standard InChI is InChI=1S/C16H19ClN4O/c1-11-9-13(14(22-2)10-12(11)17)19-15-5-6-18-16(20-15)21-7-3-4-8-21/h5-6,9-10H,3-4,7-8H2,1-2H3,(H,18,19,20). The molecule has 0 atom stereocenters. The van der Waals surface area contributed by atoms with Crippen LogP contribution in [-0.2, 0) is 0 Å². The Morgan fingerprint density at radius 3 is 2.77 bits per heavy atom. The molecule has 2 heterocycles. The second kappa shape index (κ2) is 6.40. The van der Waals surface area contributed by atoms with Gasteiger partial charge in [0, 0.05) is 30.4 Å². The van der Waals surface area contributed by atoms with Crippen molar-refractivity contribution in [1.29, 1.82) is 0 Å². The van der Waals surface area contributed by atoms with Crippen LogP contribution in [-0.4, -0.2) is 30.2 Å². The number of hydrogen-bond acceptors (Lipinski definition) is 5. The van der Waals surface area contributed by atoms with Crippen molar-refractivity contribution in [3.05, 3.63) is 35.0 Å². The maximum absolute atomic E-state index is 6.14. The Kier molecular flexibility index (Phi) is 4.34. The second-order valence-corrected chi connectivity index (χ2v) is 5.77. The van der Waals surface area contributed by atoms with Crippen molar-refractivity contribution in [3.63, 3.8) is 0 Å². The monoisotopic (exact) mass is 318 g/mol. The predicted octanol–water partition coefficient (Wildman–Crippen LogP) is 3.79. The van der Waals surface area contributed by atoms with Gasteiger partial charge in [0.1, 0.15) is 11.6 Å². The normalized spacial score (nSPS) is 14.2. The number of methoxy groups -OCH3 is 1. The summed E-state index contributed by atoms with van der Waals surface area (Å²) in [6, 6.07) is 5.61. The summed E-state index contributed by atoms with van der Waals surface area (Å²) in [5, 5.41) is 3.98. The summed E-state index contributed by atoms with van der Waals surface area (Å²) in [6.45, 7) is 4.00. The van der Waals surface area contributed by atoms with E-state index in [2.05, 4.69) is 20.2 Å². The van der Waals surface area contributed by atoms with Gasteiger partial charge in [0.05, 0.1) is 12.8 Å². The van der Waals surface area contributed by atoms with E-state index in [-0.39, 0.29) is 0 Å². The minimum atomic E-state index is 0.683. The second-order valence-electron chi connectivity index (χ2n) is 5.36. The largest absolute Gasteiger partial charge is 0.495 e. The lowest BCUT2D eigenvalue weighted by atomic mass is 10.2. The van der Waals surface area contributed by atoms with Crippen molar-refractivity contribution in [2.24, 2.45) is 0 Å². The summed E-state index contributed by atoms with van der Waals surface area (Å²) in [6.07, 6.45) is 4.18. The van der Waals surface area contributed by atoms with Gasteiger partial charge in [-0.15, -0.1) is 0 Å². The Morgan fingerprint density at radius 2 is 2.05 bits per heavy atom. The van der Waals surface area contributed by atoms with Crippen LogP contribution in [0.25, 0.3) is 0 Å². The van der Waals surface area contributed by atoms with Crippen LogP contribution in [0, 0.1) is 6.92 Å². The number of ether oxygens (including phenoxy) is 1. The third-order valence-corrected chi connectivity index (χ3v) is 4.18. The number of anilines is 3. The first kappa shape index (κ1) is 14.9. The molecular weight excluding hydrogens is 300 g/mol. The molecule has 1 aliphatic heterocycles. The van der Waals surface area contributed by atoms with Gasteiger partial charge in [-0.05, 0) is 37.5 Å². The van der Waals surface area contributed by atoms with Crippen LogP contribution >= 0.6 is 11.6 Å². The van der Waals surface area contributed by atoms with Gasteiger partial charge >= 0.3 is 0 Å². The highest BCUT2D eigenvalue weighted by Crippen LogP contribution is 2.32. The first-order valence-electron chi connectivity index (χ1n) is 7.36. The van der Waals surface area contributed by atoms with Crippen molar-refractivity contribution in [1.82, 2.24) is 9.97 Å². The summed E-state index contributed by atoms with van der Waals surface area (Å²) < 4.78 is 5.38. The fourth-order valence-corrected chi connectivity index (χ4v) is 2.71. The van der Waals surface area contributed by atoms with E-state index in [1.165, 1.54) is 12.8 Å². The van der Waals surface area contributed by atoms with Gasteiger partial charge in [-0.25, -0.2) is 4.98 Å². The van der Waals surface area contributed by atoms with Crippen LogP contribution in [0.2, 0.25) is 5.02 Å². The summed E-state index contributed by atoms with van der Waals surface area (Å²) in [5.74, 6) is 2.21. The van der Waals surface area contributed by atoms with E-state index in [4.69, 9.17) is 16.3 Å². The summed E-state index contributed by atoms with van der Waals surface area (Å²) in [5.41, 5.74) is 1.83. The topological polar surface area (TPSA) is 50.3 Å². The molecule has 1 aliphatic rings. The minimum absolute atomic E-state index is 0.683. The van der Waals surface area contributed by atoms with E-state index < -0.39 is 0 Å². The molecule has 1 aromatic heterocycles. The van der Waals surface area contributed by atoms with Gasteiger partial charge < -0.3 is 15.0 Å². The summed E-state index contributed by atoms with van der Waals surface area (Å²) in [4.78, 5) is 11.2. The predicted molar refractivity (Wildman–Crippen MR) is 89.5 cm³/mol. The maximum atomic E-state index is 6.14. The molecule has 1 N–H and O–H groups in total. The van der Waals surface area contributed by atoms with Crippen molar-refractivity contribution < 1.29 is 4.74 Å². The van der Waals surface area contributed by atoms with Gasteiger partial charge in [0.2, 0.25) is 5.95 Å². The molecule has 2 aromatic rings. The first-order chi connectivity index (χ1) is 10.7. The van der Waals surface area contributed by atoms with Crippen LogP contribution in [0.5, 0.6) is 5.75 Å². The van der Waals surface area contributed by atoms with Crippen LogP contribution in [0.4, 0.5) is 17.5 Å². The number of benzene rings is 1. The van der Waals surface area contributed by atoms with E-state index in [0.29, 0.717) is 10.8 Å². The van der Waals surface area contributed by atoms with Gasteiger partial charge in [0.25, 0.3) is 0 Å². The Hall–Kier alpha value is -2.01. The number of aromatic nitrogens is 2. The Labute approximate surface area is 135 Å². The van der Waals surface area contributed by atoms with Crippen LogP contribution in [0.3, 0.4) is 0 Å². The molecule has 1 saturated heterocycles. The molecule has 0 amide bonds. The summed E-state index contributed by atoms with van der Waals surface area (Å²) >= 11 is 6.14. The Bertz CT molecular complexity index is 671. The zero-order chi connectivity index (χ0) is 15.5. The van der Waals surface area contributed by atoms with E-state index in [1.807, 2.05) is 25.1 Å². The van der Waals surface area contributed by atoms with E-state index in [1.54, 1.807) is 13.3 Å². The lowest BCUT2D eigenvalue weighted by molar-refractivity contribution is 0.416. The average molecular weight is 319 g/mol. The lowest BCUT2D eigenvalue weighted by Crippen LogP contribution is -2.20. The van der Waals surface area contributed by atoms with Crippen LogP contribution in [0.15, 0.2) is 24.4 Å². The SMILES string of the molecule is COc1cc(Cl)c(C)cc1Nc1ccnc(N2CCCC2)n1. The van der Waals surface area contributed by atoms with Crippen molar-refractivity contribution in [2.75, 3.05) is 30.4 Å². The maximum Gasteiger partial charge on any atom is 0.227 e. The number of nitrogens with one attached hydrogen (secondary N) is 1. The average Bonchev–Trinajstić information content (AvgIpc) is 3.05. The van der Waals surface area contributed by atoms with Crippen molar-refractivity contribution in [2.45, 2.75) is 19.8 Å². The van der Waals surface area contributed by atoms with Crippen molar-refractivity contribution in [3.8, 4) is 5.75 Å². The van der Waals surface area contributed by atoms with Crippen LogP contribution in [0.1, 0.15) is 18.4 Å². The van der Waals surface area contributed by atoms with Gasteiger partial charge in [-0.1, -0.05) is 11.6 Å². The molecule has 0 bridgehead atoms. The highest BCUT2D eigenvalue weighted by molar-refractivity contribution is 6.31. The quantitative estimate of drug-likeness (QED) is 0.929. The molecule has 1 fully saturated rings.